The number of benzene rings is 7. The minimum atomic E-state index is 0.904. The zero-order valence-corrected chi connectivity index (χ0v) is 27.6. The Kier molecular flexibility index (Phi) is 5.92. The maximum Gasteiger partial charge on any atom is 0.138 e. The van der Waals surface area contributed by atoms with Crippen LogP contribution < -0.4 is 0 Å². The van der Waals surface area contributed by atoms with Crippen LogP contribution in [-0.2, 0) is 0 Å². The standard InChI is InChI=1S/C47H30N4/c1-3-14-31(15-4-1)40-21-13-25-45(48-40)51-43-24-12-9-20-36(43)39-30-33(26-29-44(39)51)50-42-23-11-8-19-35(42)38-28-27-37-34-18-7-10-22-41(34)49(46(37)47(38)50)32-16-5-2-6-17-32/h1-30H. The normalized spacial score (nSPS) is 11.9. The molecule has 4 heteroatoms. The van der Waals surface area contributed by atoms with Gasteiger partial charge in [-0.3, -0.25) is 4.57 Å². The van der Waals surface area contributed by atoms with Crippen LogP contribution in [0.15, 0.2) is 182 Å². The minimum absolute atomic E-state index is 0.904. The zero-order chi connectivity index (χ0) is 33.5. The lowest BCUT2D eigenvalue weighted by atomic mass is 10.1. The fourth-order valence-corrected chi connectivity index (χ4v) is 8.28. The highest BCUT2D eigenvalue weighted by Gasteiger charge is 2.22. The van der Waals surface area contributed by atoms with Gasteiger partial charge in [0.2, 0.25) is 0 Å². The molecule has 0 radical (unpaired) electrons. The van der Waals surface area contributed by atoms with Crippen molar-refractivity contribution in [3.05, 3.63) is 182 Å². The van der Waals surface area contributed by atoms with Crippen molar-refractivity contribution < 1.29 is 0 Å². The van der Waals surface area contributed by atoms with Crippen molar-refractivity contribution in [3.63, 3.8) is 0 Å². The quantitative estimate of drug-likeness (QED) is 0.186. The van der Waals surface area contributed by atoms with Gasteiger partial charge in [0.15, 0.2) is 0 Å². The van der Waals surface area contributed by atoms with Crippen molar-refractivity contribution >= 4 is 65.4 Å². The minimum Gasteiger partial charge on any atom is -0.307 e. The number of nitrogens with zero attached hydrogens (tertiary/aromatic N) is 4. The third kappa shape index (κ3) is 4.05. The Bertz CT molecular complexity index is 3130. The summed E-state index contributed by atoms with van der Waals surface area (Å²) in [5, 5.41) is 7.36. The molecule has 0 amide bonds. The van der Waals surface area contributed by atoms with Crippen LogP contribution in [0.25, 0.3) is 93.9 Å². The molecule has 0 fully saturated rings. The number of hydrogen-bond acceptors (Lipinski definition) is 1. The van der Waals surface area contributed by atoms with Gasteiger partial charge in [-0.25, -0.2) is 4.98 Å². The van der Waals surface area contributed by atoms with Gasteiger partial charge >= 0.3 is 0 Å². The molecule has 4 nitrogen and oxygen atoms in total. The van der Waals surface area contributed by atoms with E-state index >= 15 is 0 Å². The molecule has 4 heterocycles. The number of fused-ring (bicyclic) bond motifs is 10. The summed E-state index contributed by atoms with van der Waals surface area (Å²) in [7, 11) is 0. The molecule has 7 aromatic carbocycles. The van der Waals surface area contributed by atoms with Crippen molar-refractivity contribution in [2.75, 3.05) is 0 Å². The van der Waals surface area contributed by atoms with Crippen molar-refractivity contribution in [2.45, 2.75) is 0 Å². The molecular weight excluding hydrogens is 621 g/mol. The Balaban J connectivity index is 1.23. The van der Waals surface area contributed by atoms with Gasteiger partial charge in [-0.15, -0.1) is 0 Å². The Labute approximate surface area is 293 Å². The summed E-state index contributed by atoms with van der Waals surface area (Å²) in [4.78, 5) is 5.19. The van der Waals surface area contributed by atoms with Crippen LogP contribution >= 0.6 is 0 Å². The van der Waals surface area contributed by atoms with E-state index in [0.29, 0.717) is 0 Å². The molecule has 0 aliphatic heterocycles. The van der Waals surface area contributed by atoms with Gasteiger partial charge in [-0.2, -0.15) is 0 Å². The molecule has 0 unspecified atom stereocenters. The van der Waals surface area contributed by atoms with Gasteiger partial charge in [0, 0.05) is 49.3 Å². The molecule has 11 aromatic rings. The Morgan fingerprint density at radius 2 is 0.824 bits per heavy atom. The molecule has 4 aromatic heterocycles. The van der Waals surface area contributed by atoms with Crippen molar-refractivity contribution in [3.8, 4) is 28.5 Å². The number of aromatic nitrogens is 4. The number of rotatable bonds is 4. The van der Waals surface area contributed by atoms with Gasteiger partial charge in [0.05, 0.1) is 38.8 Å². The van der Waals surface area contributed by atoms with E-state index in [-0.39, 0.29) is 0 Å². The Hall–Kier alpha value is -6.91. The van der Waals surface area contributed by atoms with E-state index in [0.717, 1.165) is 39.5 Å². The van der Waals surface area contributed by atoms with E-state index in [2.05, 4.69) is 190 Å². The smallest absolute Gasteiger partial charge is 0.138 e. The molecule has 0 saturated carbocycles. The van der Waals surface area contributed by atoms with E-state index < -0.39 is 0 Å². The van der Waals surface area contributed by atoms with Crippen LogP contribution in [0.2, 0.25) is 0 Å². The van der Waals surface area contributed by atoms with Gasteiger partial charge in [0.1, 0.15) is 5.82 Å². The van der Waals surface area contributed by atoms with Crippen LogP contribution in [-0.4, -0.2) is 18.7 Å². The van der Waals surface area contributed by atoms with Crippen LogP contribution in [0.4, 0.5) is 0 Å². The average Bonchev–Trinajstić information content (AvgIpc) is 3.84. The first-order valence-electron chi connectivity index (χ1n) is 17.4. The maximum absolute atomic E-state index is 5.19. The summed E-state index contributed by atoms with van der Waals surface area (Å²) in [6.07, 6.45) is 0. The average molecular weight is 651 g/mol. The number of hydrogen-bond donors (Lipinski definition) is 0. The predicted molar refractivity (Wildman–Crippen MR) is 213 cm³/mol. The molecule has 0 aliphatic carbocycles. The number of para-hydroxylation sites is 4. The number of pyridine rings is 1. The van der Waals surface area contributed by atoms with Gasteiger partial charge < -0.3 is 9.13 Å². The highest BCUT2D eigenvalue weighted by Crippen LogP contribution is 2.42. The van der Waals surface area contributed by atoms with Crippen LogP contribution in [0.1, 0.15) is 0 Å². The van der Waals surface area contributed by atoms with Crippen molar-refractivity contribution in [1.82, 2.24) is 18.7 Å². The first-order valence-corrected chi connectivity index (χ1v) is 17.4. The Morgan fingerprint density at radius 3 is 1.47 bits per heavy atom. The lowest BCUT2D eigenvalue weighted by molar-refractivity contribution is 1.08. The monoisotopic (exact) mass is 650 g/mol. The topological polar surface area (TPSA) is 27.7 Å². The SMILES string of the molecule is c1ccc(-c2cccc(-n3c4ccccc4c4cc(-n5c6ccccc6c6ccc7c8ccccc8n(-c8ccccc8)c7c65)ccc43)n2)cc1. The molecular formula is C47H30N4. The Morgan fingerprint density at radius 1 is 0.314 bits per heavy atom. The van der Waals surface area contributed by atoms with Crippen molar-refractivity contribution in [2.24, 2.45) is 0 Å². The molecule has 51 heavy (non-hydrogen) atoms. The second-order valence-electron chi connectivity index (χ2n) is 13.2. The second kappa shape index (κ2) is 10.8. The first kappa shape index (κ1) is 28.0. The molecule has 0 N–H and O–H groups in total. The van der Waals surface area contributed by atoms with E-state index in [1.165, 1.54) is 54.4 Å². The molecule has 0 bridgehead atoms. The van der Waals surface area contributed by atoms with E-state index in [4.69, 9.17) is 4.98 Å². The lowest BCUT2D eigenvalue weighted by Gasteiger charge is -2.13. The van der Waals surface area contributed by atoms with Crippen LogP contribution in [0.5, 0.6) is 0 Å². The maximum atomic E-state index is 5.19. The summed E-state index contributed by atoms with van der Waals surface area (Å²) in [6.45, 7) is 0. The lowest BCUT2D eigenvalue weighted by Crippen LogP contribution is -2.00. The van der Waals surface area contributed by atoms with Gasteiger partial charge in [-0.05, 0) is 60.7 Å². The predicted octanol–water partition coefficient (Wildman–Crippen LogP) is 12.0. The highest BCUT2D eigenvalue weighted by molar-refractivity contribution is 6.24. The second-order valence-corrected chi connectivity index (χ2v) is 13.2. The largest absolute Gasteiger partial charge is 0.307 e. The molecule has 11 rings (SSSR count). The first-order chi connectivity index (χ1) is 25.3. The summed E-state index contributed by atoms with van der Waals surface area (Å²) in [5.41, 5.74) is 11.4. The summed E-state index contributed by atoms with van der Waals surface area (Å²) in [5.74, 6) is 0.904. The summed E-state index contributed by atoms with van der Waals surface area (Å²) in [6, 6.07) is 65.3. The van der Waals surface area contributed by atoms with Gasteiger partial charge in [-0.1, -0.05) is 121 Å². The molecule has 0 aliphatic rings. The zero-order valence-electron chi connectivity index (χ0n) is 27.6. The summed E-state index contributed by atoms with van der Waals surface area (Å²) < 4.78 is 7.22. The highest BCUT2D eigenvalue weighted by atomic mass is 15.1. The van der Waals surface area contributed by atoms with Crippen molar-refractivity contribution in [1.29, 1.82) is 0 Å². The van der Waals surface area contributed by atoms with Crippen LogP contribution in [0, 0.1) is 0 Å². The third-order valence-corrected chi connectivity index (χ3v) is 10.4. The third-order valence-electron chi connectivity index (χ3n) is 10.4. The fraction of sp³-hybridized carbons (Fsp3) is 0. The molecule has 0 spiro atoms. The van der Waals surface area contributed by atoms with E-state index in [1.54, 1.807) is 0 Å². The molecule has 0 saturated heterocycles. The van der Waals surface area contributed by atoms with E-state index in [9.17, 15) is 0 Å². The summed E-state index contributed by atoms with van der Waals surface area (Å²) >= 11 is 0. The fourth-order valence-electron chi connectivity index (χ4n) is 8.28. The van der Waals surface area contributed by atoms with E-state index in [1.807, 2.05) is 6.07 Å². The van der Waals surface area contributed by atoms with Crippen LogP contribution in [0.3, 0.4) is 0 Å². The van der Waals surface area contributed by atoms with Gasteiger partial charge in [0.25, 0.3) is 0 Å². The molecule has 0 atom stereocenters. The molecule has 238 valence electrons.